The zero-order valence-electron chi connectivity index (χ0n) is 9.03. The number of aryl methyl sites for hydroxylation is 1. The van der Waals surface area contributed by atoms with E-state index in [1.165, 1.54) is 12.5 Å². The Hall–Kier alpha value is -1.68. The third-order valence-corrected chi connectivity index (χ3v) is 2.34. The topological polar surface area (TPSA) is 38.1 Å². The Bertz CT molecular complexity index is 454. The maximum atomic E-state index is 13.0. The molecule has 84 valence electrons. The summed E-state index contributed by atoms with van der Waals surface area (Å²) in [6, 6.07) is 5.10. The van der Waals surface area contributed by atoms with Crippen LogP contribution in [0.3, 0.4) is 0 Å². The Balaban J connectivity index is 1.87. The number of hydrogen-bond acceptors (Lipinski definition) is 3. The van der Waals surface area contributed by atoms with E-state index in [2.05, 4.69) is 10.3 Å². The SMILES string of the molecule is Cc1cc(CNCc2cocn2)ccc1F. The van der Waals surface area contributed by atoms with E-state index in [-0.39, 0.29) is 5.82 Å². The molecule has 3 nitrogen and oxygen atoms in total. The van der Waals surface area contributed by atoms with Crippen LogP contribution in [-0.2, 0) is 13.1 Å². The predicted octanol–water partition coefficient (Wildman–Crippen LogP) is 2.41. The van der Waals surface area contributed by atoms with Crippen LogP contribution in [0.15, 0.2) is 35.3 Å². The van der Waals surface area contributed by atoms with E-state index in [1.807, 2.05) is 6.07 Å². The van der Waals surface area contributed by atoms with Crippen LogP contribution in [0.5, 0.6) is 0 Å². The van der Waals surface area contributed by atoms with Crippen LogP contribution in [0.4, 0.5) is 4.39 Å². The van der Waals surface area contributed by atoms with Gasteiger partial charge in [-0.25, -0.2) is 9.37 Å². The summed E-state index contributed by atoms with van der Waals surface area (Å²) in [5, 5.41) is 3.21. The zero-order chi connectivity index (χ0) is 11.4. The van der Waals surface area contributed by atoms with E-state index in [4.69, 9.17) is 4.42 Å². The highest BCUT2D eigenvalue weighted by molar-refractivity contribution is 5.23. The van der Waals surface area contributed by atoms with Gasteiger partial charge in [-0.05, 0) is 24.1 Å². The second kappa shape index (κ2) is 4.90. The highest BCUT2D eigenvalue weighted by Crippen LogP contribution is 2.09. The summed E-state index contributed by atoms with van der Waals surface area (Å²) in [7, 11) is 0. The minimum atomic E-state index is -0.166. The standard InChI is InChI=1S/C12H13FN2O/c1-9-4-10(2-3-12(9)13)5-14-6-11-7-16-8-15-11/h2-4,7-8,14H,5-6H2,1H3. The number of halogens is 1. The highest BCUT2D eigenvalue weighted by atomic mass is 19.1. The van der Waals surface area contributed by atoms with Crippen molar-refractivity contribution in [1.82, 2.24) is 10.3 Å². The average Bonchev–Trinajstić information content (AvgIpc) is 2.76. The fraction of sp³-hybridized carbons (Fsp3) is 0.250. The fourth-order valence-electron chi connectivity index (χ4n) is 1.48. The third kappa shape index (κ3) is 2.67. The second-order valence-corrected chi connectivity index (χ2v) is 3.67. The van der Waals surface area contributed by atoms with Crippen LogP contribution in [0.25, 0.3) is 0 Å². The molecule has 0 aliphatic carbocycles. The summed E-state index contributed by atoms with van der Waals surface area (Å²) in [6.45, 7) is 3.09. The largest absolute Gasteiger partial charge is 0.451 e. The number of rotatable bonds is 4. The lowest BCUT2D eigenvalue weighted by Gasteiger charge is -2.04. The van der Waals surface area contributed by atoms with Crippen molar-refractivity contribution >= 4 is 0 Å². The minimum Gasteiger partial charge on any atom is -0.451 e. The first kappa shape index (κ1) is 10.8. The van der Waals surface area contributed by atoms with Gasteiger partial charge in [0.05, 0.1) is 5.69 Å². The molecule has 1 aromatic heterocycles. The monoisotopic (exact) mass is 220 g/mol. The third-order valence-electron chi connectivity index (χ3n) is 2.34. The first-order valence-corrected chi connectivity index (χ1v) is 5.08. The Kier molecular flexibility index (Phi) is 3.31. The van der Waals surface area contributed by atoms with Crippen molar-refractivity contribution in [3.05, 3.63) is 53.5 Å². The molecule has 1 aromatic carbocycles. The lowest BCUT2D eigenvalue weighted by atomic mass is 10.1. The van der Waals surface area contributed by atoms with Crippen LogP contribution in [0.2, 0.25) is 0 Å². The van der Waals surface area contributed by atoms with Gasteiger partial charge in [-0.3, -0.25) is 0 Å². The number of oxazole rings is 1. The fourth-order valence-corrected chi connectivity index (χ4v) is 1.48. The van der Waals surface area contributed by atoms with Gasteiger partial charge in [-0.1, -0.05) is 12.1 Å². The summed E-state index contributed by atoms with van der Waals surface area (Å²) in [6.07, 6.45) is 3.00. The van der Waals surface area contributed by atoms with Gasteiger partial charge in [-0.2, -0.15) is 0 Å². The van der Waals surface area contributed by atoms with Gasteiger partial charge in [0.25, 0.3) is 0 Å². The normalized spacial score (nSPS) is 10.6. The van der Waals surface area contributed by atoms with Crippen molar-refractivity contribution in [2.75, 3.05) is 0 Å². The number of nitrogens with zero attached hydrogens (tertiary/aromatic N) is 1. The first-order valence-electron chi connectivity index (χ1n) is 5.08. The second-order valence-electron chi connectivity index (χ2n) is 3.67. The van der Waals surface area contributed by atoms with Crippen molar-refractivity contribution in [3.8, 4) is 0 Å². The van der Waals surface area contributed by atoms with E-state index in [9.17, 15) is 4.39 Å². The van der Waals surface area contributed by atoms with Crippen molar-refractivity contribution in [2.45, 2.75) is 20.0 Å². The molecule has 0 atom stereocenters. The molecule has 0 aliphatic heterocycles. The molecule has 0 aliphatic rings. The Labute approximate surface area is 93.3 Å². The molecule has 0 radical (unpaired) electrons. The first-order chi connectivity index (χ1) is 7.75. The number of aromatic nitrogens is 1. The molecule has 0 amide bonds. The summed E-state index contributed by atoms with van der Waals surface area (Å²) in [5.41, 5.74) is 2.59. The van der Waals surface area contributed by atoms with Gasteiger partial charge in [-0.15, -0.1) is 0 Å². The molecule has 0 saturated carbocycles. The summed E-state index contributed by atoms with van der Waals surface area (Å²) in [4.78, 5) is 3.99. The van der Waals surface area contributed by atoms with Gasteiger partial charge in [0, 0.05) is 13.1 Å². The Morgan fingerprint density at radius 3 is 2.94 bits per heavy atom. The van der Waals surface area contributed by atoms with Gasteiger partial charge in [0.2, 0.25) is 0 Å². The lowest BCUT2D eigenvalue weighted by Crippen LogP contribution is -2.13. The summed E-state index contributed by atoms with van der Waals surface area (Å²) < 4.78 is 17.9. The van der Waals surface area contributed by atoms with Gasteiger partial charge >= 0.3 is 0 Å². The average molecular weight is 220 g/mol. The molecule has 16 heavy (non-hydrogen) atoms. The molecular weight excluding hydrogens is 207 g/mol. The van der Waals surface area contributed by atoms with Crippen molar-refractivity contribution in [1.29, 1.82) is 0 Å². The molecule has 0 fully saturated rings. The molecule has 2 rings (SSSR count). The van der Waals surface area contributed by atoms with Crippen LogP contribution in [0, 0.1) is 12.7 Å². The molecule has 4 heteroatoms. The summed E-state index contributed by atoms with van der Waals surface area (Å²) >= 11 is 0. The number of nitrogens with one attached hydrogen (secondary N) is 1. The Morgan fingerprint density at radius 2 is 2.25 bits per heavy atom. The molecule has 1 heterocycles. The van der Waals surface area contributed by atoms with Crippen LogP contribution in [-0.4, -0.2) is 4.98 Å². The maximum absolute atomic E-state index is 13.0. The molecule has 0 spiro atoms. The van der Waals surface area contributed by atoms with E-state index in [0.717, 1.165) is 11.3 Å². The van der Waals surface area contributed by atoms with Gasteiger partial charge in [0.15, 0.2) is 6.39 Å². The zero-order valence-corrected chi connectivity index (χ0v) is 9.03. The smallest absolute Gasteiger partial charge is 0.180 e. The van der Waals surface area contributed by atoms with Crippen LogP contribution in [0.1, 0.15) is 16.8 Å². The minimum absolute atomic E-state index is 0.166. The predicted molar refractivity (Wildman–Crippen MR) is 58.2 cm³/mol. The van der Waals surface area contributed by atoms with E-state index < -0.39 is 0 Å². The van der Waals surface area contributed by atoms with E-state index in [0.29, 0.717) is 18.7 Å². The van der Waals surface area contributed by atoms with Crippen LogP contribution < -0.4 is 5.32 Å². The molecule has 0 saturated heterocycles. The van der Waals surface area contributed by atoms with Crippen molar-refractivity contribution in [2.24, 2.45) is 0 Å². The maximum Gasteiger partial charge on any atom is 0.180 e. The van der Waals surface area contributed by atoms with E-state index >= 15 is 0 Å². The van der Waals surface area contributed by atoms with Crippen molar-refractivity contribution in [3.63, 3.8) is 0 Å². The molecule has 2 aromatic rings. The van der Waals surface area contributed by atoms with Gasteiger partial charge < -0.3 is 9.73 Å². The van der Waals surface area contributed by atoms with Crippen LogP contribution >= 0.6 is 0 Å². The molecule has 0 bridgehead atoms. The van der Waals surface area contributed by atoms with E-state index in [1.54, 1.807) is 19.3 Å². The molecular formula is C12H13FN2O. The lowest BCUT2D eigenvalue weighted by molar-refractivity contribution is 0.554. The summed E-state index contributed by atoms with van der Waals surface area (Å²) in [5.74, 6) is -0.166. The van der Waals surface area contributed by atoms with Crippen molar-refractivity contribution < 1.29 is 8.81 Å². The number of benzene rings is 1. The molecule has 0 unspecified atom stereocenters. The number of hydrogen-bond donors (Lipinski definition) is 1. The quantitative estimate of drug-likeness (QED) is 0.859. The highest BCUT2D eigenvalue weighted by Gasteiger charge is 1.99. The van der Waals surface area contributed by atoms with Gasteiger partial charge in [0.1, 0.15) is 12.1 Å². The molecule has 1 N–H and O–H groups in total. The Morgan fingerprint density at radius 1 is 1.38 bits per heavy atom.